The first kappa shape index (κ1) is 21.8. The lowest BCUT2D eigenvalue weighted by Crippen LogP contribution is -2.24. The Morgan fingerprint density at radius 1 is 0.792 bits per heavy atom. The summed E-state index contributed by atoms with van der Waals surface area (Å²) in [6, 6.07) is 0. The number of alkyl halides is 3. The van der Waals surface area contributed by atoms with Crippen LogP contribution in [0, 0.1) is 0 Å². The molecule has 1 unspecified atom stereocenters. The molecule has 1 aliphatic heterocycles. The van der Waals surface area contributed by atoms with Gasteiger partial charge in [-0.1, -0.05) is 51.4 Å². The molecule has 1 fully saturated rings. The Morgan fingerprint density at radius 3 is 1.92 bits per heavy atom. The second-order valence-electron chi connectivity index (χ2n) is 6.96. The van der Waals surface area contributed by atoms with Crippen LogP contribution in [0.2, 0.25) is 0 Å². The van der Waals surface area contributed by atoms with Crippen LogP contribution in [0.5, 0.6) is 0 Å². The quantitative estimate of drug-likeness (QED) is 0.336. The van der Waals surface area contributed by atoms with Gasteiger partial charge in [0.15, 0.2) is 0 Å². The van der Waals surface area contributed by atoms with E-state index in [9.17, 15) is 13.2 Å². The van der Waals surface area contributed by atoms with Crippen LogP contribution in [0.3, 0.4) is 0 Å². The van der Waals surface area contributed by atoms with Gasteiger partial charge in [-0.2, -0.15) is 13.2 Å². The topological polar surface area (TPSA) is 18.5 Å². The smallest absolute Gasteiger partial charge is 0.379 e. The maximum Gasteiger partial charge on any atom is 0.389 e. The zero-order chi connectivity index (χ0) is 17.5. The Labute approximate surface area is 145 Å². The zero-order valence-corrected chi connectivity index (χ0v) is 15.0. The van der Waals surface area contributed by atoms with Gasteiger partial charge in [0.2, 0.25) is 0 Å². The van der Waals surface area contributed by atoms with Crippen LogP contribution in [-0.4, -0.2) is 32.1 Å². The predicted molar refractivity (Wildman–Crippen MR) is 91.3 cm³/mol. The molecule has 0 aromatic heterocycles. The highest BCUT2D eigenvalue weighted by molar-refractivity contribution is 4.62. The molecule has 1 atom stereocenters. The molecular weight excluding hydrogens is 317 g/mol. The molecule has 2 nitrogen and oxygen atoms in total. The van der Waals surface area contributed by atoms with Gasteiger partial charge in [-0.25, -0.2) is 0 Å². The van der Waals surface area contributed by atoms with Crippen molar-refractivity contribution in [2.45, 2.75) is 102 Å². The predicted octanol–water partition coefficient (Wildman–Crippen LogP) is 6.43. The van der Waals surface area contributed by atoms with Crippen molar-refractivity contribution < 1.29 is 22.6 Å². The minimum atomic E-state index is -3.98. The Bertz CT molecular complexity index is 276. The molecule has 1 heterocycles. The molecule has 1 aliphatic rings. The minimum Gasteiger partial charge on any atom is -0.379 e. The molecule has 5 heteroatoms. The maximum atomic E-state index is 12.0. The molecule has 0 radical (unpaired) electrons. The Hall–Kier alpha value is -0.290. The van der Waals surface area contributed by atoms with E-state index in [-0.39, 0.29) is 6.42 Å². The van der Waals surface area contributed by atoms with Crippen molar-refractivity contribution in [1.29, 1.82) is 0 Å². The van der Waals surface area contributed by atoms with Gasteiger partial charge in [0.1, 0.15) is 0 Å². The lowest BCUT2D eigenvalue weighted by atomic mass is 10.1. The average molecular weight is 352 g/mol. The third-order valence-electron chi connectivity index (χ3n) is 4.58. The van der Waals surface area contributed by atoms with E-state index < -0.39 is 12.6 Å². The van der Waals surface area contributed by atoms with E-state index in [0.29, 0.717) is 12.5 Å². The monoisotopic (exact) mass is 352 g/mol. The second kappa shape index (κ2) is 13.9. The Kier molecular flexibility index (Phi) is 12.6. The SMILES string of the molecule is FC(F)(F)CCCCCCCCCCCCOCC1CCCCO1. The summed E-state index contributed by atoms with van der Waals surface area (Å²) >= 11 is 0. The highest BCUT2D eigenvalue weighted by atomic mass is 19.4. The average Bonchev–Trinajstić information content (AvgIpc) is 2.55. The van der Waals surface area contributed by atoms with E-state index in [1.807, 2.05) is 0 Å². The third kappa shape index (κ3) is 14.1. The summed E-state index contributed by atoms with van der Waals surface area (Å²) in [5.41, 5.74) is 0. The fourth-order valence-corrected chi connectivity index (χ4v) is 3.10. The van der Waals surface area contributed by atoms with Crippen molar-refractivity contribution >= 4 is 0 Å². The number of rotatable bonds is 14. The lowest BCUT2D eigenvalue weighted by Gasteiger charge is -2.22. The first-order chi connectivity index (χ1) is 11.6. The molecule has 0 aromatic rings. The summed E-state index contributed by atoms with van der Waals surface area (Å²) in [6.45, 7) is 2.46. The van der Waals surface area contributed by atoms with Crippen molar-refractivity contribution in [3.05, 3.63) is 0 Å². The van der Waals surface area contributed by atoms with Crippen molar-refractivity contribution in [2.24, 2.45) is 0 Å². The Balaban J connectivity index is 1.70. The maximum absolute atomic E-state index is 12.0. The van der Waals surface area contributed by atoms with Gasteiger partial charge in [-0.3, -0.25) is 0 Å². The molecule has 0 N–H and O–H groups in total. The molecule has 0 amide bonds. The highest BCUT2D eigenvalue weighted by Crippen LogP contribution is 2.23. The lowest BCUT2D eigenvalue weighted by molar-refractivity contribution is -0.135. The first-order valence-electron chi connectivity index (χ1n) is 9.84. The largest absolute Gasteiger partial charge is 0.389 e. The highest BCUT2D eigenvalue weighted by Gasteiger charge is 2.25. The van der Waals surface area contributed by atoms with Crippen LogP contribution in [0.15, 0.2) is 0 Å². The van der Waals surface area contributed by atoms with Crippen LogP contribution in [0.4, 0.5) is 13.2 Å². The van der Waals surface area contributed by atoms with Crippen LogP contribution < -0.4 is 0 Å². The van der Waals surface area contributed by atoms with Gasteiger partial charge < -0.3 is 9.47 Å². The van der Waals surface area contributed by atoms with Gasteiger partial charge in [-0.15, -0.1) is 0 Å². The fraction of sp³-hybridized carbons (Fsp3) is 1.00. The molecule has 1 rings (SSSR count). The molecule has 0 bridgehead atoms. The molecule has 0 saturated carbocycles. The summed E-state index contributed by atoms with van der Waals surface area (Å²) in [5, 5.41) is 0. The molecule has 0 aromatic carbocycles. The number of hydrogen-bond donors (Lipinski definition) is 0. The Morgan fingerprint density at radius 2 is 1.38 bits per heavy atom. The summed E-state index contributed by atoms with van der Waals surface area (Å²) in [6.07, 6.45) is 9.44. The molecule has 0 spiro atoms. The summed E-state index contributed by atoms with van der Waals surface area (Å²) in [5.74, 6) is 0. The van der Waals surface area contributed by atoms with Gasteiger partial charge in [0.25, 0.3) is 0 Å². The van der Waals surface area contributed by atoms with Crippen LogP contribution >= 0.6 is 0 Å². The van der Waals surface area contributed by atoms with Crippen LogP contribution in [-0.2, 0) is 9.47 Å². The number of ether oxygens (including phenoxy) is 2. The van der Waals surface area contributed by atoms with E-state index in [1.54, 1.807) is 0 Å². The summed E-state index contributed by atoms with van der Waals surface area (Å²) in [4.78, 5) is 0. The molecular formula is C19H35F3O2. The zero-order valence-electron chi connectivity index (χ0n) is 15.0. The van der Waals surface area contributed by atoms with E-state index >= 15 is 0 Å². The summed E-state index contributed by atoms with van der Waals surface area (Å²) in [7, 11) is 0. The van der Waals surface area contributed by atoms with Crippen molar-refractivity contribution in [2.75, 3.05) is 19.8 Å². The first-order valence-corrected chi connectivity index (χ1v) is 9.84. The van der Waals surface area contributed by atoms with Crippen molar-refractivity contribution in [3.63, 3.8) is 0 Å². The van der Waals surface area contributed by atoms with Crippen molar-refractivity contribution in [3.8, 4) is 0 Å². The second-order valence-corrected chi connectivity index (χ2v) is 6.96. The van der Waals surface area contributed by atoms with Crippen LogP contribution in [0.25, 0.3) is 0 Å². The number of unbranched alkanes of at least 4 members (excludes halogenated alkanes) is 9. The van der Waals surface area contributed by atoms with E-state index in [1.165, 1.54) is 38.5 Å². The summed E-state index contributed by atoms with van der Waals surface area (Å²) < 4.78 is 47.2. The molecule has 1 saturated heterocycles. The van der Waals surface area contributed by atoms with E-state index in [0.717, 1.165) is 51.9 Å². The molecule has 144 valence electrons. The van der Waals surface area contributed by atoms with Crippen molar-refractivity contribution in [1.82, 2.24) is 0 Å². The van der Waals surface area contributed by atoms with Gasteiger partial charge >= 0.3 is 6.18 Å². The number of hydrogen-bond acceptors (Lipinski definition) is 2. The van der Waals surface area contributed by atoms with E-state index in [2.05, 4.69) is 0 Å². The fourth-order valence-electron chi connectivity index (χ4n) is 3.10. The molecule has 24 heavy (non-hydrogen) atoms. The number of halogens is 3. The van der Waals surface area contributed by atoms with Gasteiger partial charge in [0, 0.05) is 19.6 Å². The minimum absolute atomic E-state index is 0.287. The van der Waals surface area contributed by atoms with Gasteiger partial charge in [-0.05, 0) is 32.1 Å². The van der Waals surface area contributed by atoms with E-state index in [4.69, 9.17) is 9.47 Å². The molecule has 0 aliphatic carbocycles. The van der Waals surface area contributed by atoms with Gasteiger partial charge in [0.05, 0.1) is 12.7 Å². The normalized spacial score (nSPS) is 18.9. The standard InChI is InChI=1S/C19H35F3O2/c20-19(21,22)14-10-7-5-3-1-2-4-6-8-11-15-23-17-18-13-9-12-16-24-18/h18H,1-17H2. The third-order valence-corrected chi connectivity index (χ3v) is 4.58. The van der Waals surface area contributed by atoms with Crippen LogP contribution in [0.1, 0.15) is 89.9 Å².